The Morgan fingerprint density at radius 3 is 2.00 bits per heavy atom. The molecule has 2 rings (SSSR count). The molecule has 10 heteroatoms. The Kier molecular flexibility index (Phi) is 12.5. The number of ether oxygens (including phenoxy) is 2. The largest absolute Gasteiger partial charge is 0.696 e. The number of hydrogen-bond acceptors (Lipinski definition) is 8. The van der Waals surface area contributed by atoms with Crippen LogP contribution in [-0.2, 0) is 27.4 Å². The minimum absolute atomic E-state index is 0.353. The van der Waals surface area contributed by atoms with E-state index in [0.717, 1.165) is 5.56 Å². The Morgan fingerprint density at radius 1 is 1.04 bits per heavy atom. The lowest BCUT2D eigenvalue weighted by molar-refractivity contribution is 0.0482. The highest BCUT2D eigenvalue weighted by molar-refractivity contribution is 7.47. The van der Waals surface area contributed by atoms with Crippen molar-refractivity contribution in [3.63, 3.8) is 0 Å². The van der Waals surface area contributed by atoms with Gasteiger partial charge in [0.05, 0.1) is 26.9 Å². The van der Waals surface area contributed by atoms with Gasteiger partial charge in [-0.05, 0) is 18.2 Å². The highest BCUT2D eigenvalue weighted by Crippen LogP contribution is 2.56. The quantitative estimate of drug-likeness (QED) is 0.516. The van der Waals surface area contributed by atoms with Crippen molar-refractivity contribution in [2.24, 2.45) is 0 Å². The van der Waals surface area contributed by atoms with Gasteiger partial charge in [0.15, 0.2) is 5.85 Å². The molecule has 1 aromatic carbocycles. The first kappa shape index (κ1) is 23.9. The van der Waals surface area contributed by atoms with Crippen LogP contribution >= 0.6 is 16.6 Å². The second-order valence-electron chi connectivity index (χ2n) is 3.95. The first-order valence-electron chi connectivity index (χ1n) is 7.34. The zero-order valence-corrected chi connectivity index (χ0v) is 17.3. The number of cyclic esters (lactones) is 1. The van der Waals surface area contributed by atoms with Crippen LogP contribution in [0.3, 0.4) is 0 Å². The van der Waals surface area contributed by atoms with Gasteiger partial charge in [0.2, 0.25) is 8.38 Å². The van der Waals surface area contributed by atoms with Gasteiger partial charge in [-0.3, -0.25) is 0 Å². The number of carbonyl (C=O) groups is 1. The van der Waals surface area contributed by atoms with Crippen molar-refractivity contribution >= 4 is 22.6 Å². The van der Waals surface area contributed by atoms with Crippen molar-refractivity contribution in [2.75, 3.05) is 35.5 Å². The van der Waals surface area contributed by atoms with Crippen molar-refractivity contribution in [1.29, 1.82) is 0 Å². The van der Waals surface area contributed by atoms with Crippen molar-refractivity contribution in [1.82, 2.24) is 0 Å². The molecular weight excluding hydrogens is 370 g/mol. The average Bonchev–Trinajstić information content (AvgIpc) is 3.00. The van der Waals surface area contributed by atoms with Crippen LogP contribution in [0, 0.1) is 0 Å². The normalized spacial score (nSPS) is 14.6. The molecule has 0 N–H and O–H groups in total. The van der Waals surface area contributed by atoms with E-state index < -0.39 is 22.5 Å². The first-order valence-corrected chi connectivity index (χ1v) is 9.68. The monoisotopic (exact) mass is 395 g/mol. The zero-order valence-electron chi connectivity index (χ0n) is 15.5. The van der Waals surface area contributed by atoms with Crippen molar-refractivity contribution in [3.8, 4) is 5.75 Å². The molecular formula is C15H25O8P2+. The van der Waals surface area contributed by atoms with Gasteiger partial charge in [-0.15, -0.1) is 9.05 Å². The summed E-state index contributed by atoms with van der Waals surface area (Å²) >= 11 is 0. The fourth-order valence-corrected chi connectivity index (χ4v) is 3.09. The second-order valence-corrected chi connectivity index (χ2v) is 6.90. The predicted octanol–water partition coefficient (Wildman–Crippen LogP) is 4.43. The van der Waals surface area contributed by atoms with Gasteiger partial charge in [-0.25, -0.2) is 4.79 Å². The molecule has 8 nitrogen and oxygen atoms in total. The van der Waals surface area contributed by atoms with E-state index in [9.17, 15) is 9.36 Å². The molecule has 1 aliphatic rings. The molecule has 0 amide bonds. The minimum atomic E-state index is -1.83. The minimum Gasteiger partial charge on any atom is -0.497 e. The molecule has 1 heterocycles. The molecule has 1 unspecified atom stereocenters. The Balaban J connectivity index is 0.000000614. The van der Waals surface area contributed by atoms with Crippen molar-refractivity contribution in [3.05, 3.63) is 29.3 Å². The number of benzene rings is 1. The summed E-state index contributed by atoms with van der Waals surface area (Å²) in [5, 5.41) is 0. The van der Waals surface area contributed by atoms with Crippen LogP contribution < -0.4 is 4.74 Å². The zero-order chi connectivity index (χ0) is 19.4. The molecule has 0 saturated heterocycles. The summed E-state index contributed by atoms with van der Waals surface area (Å²) in [6.07, 6.45) is 0. The van der Waals surface area contributed by atoms with Crippen LogP contribution in [0.1, 0.15) is 35.6 Å². The van der Waals surface area contributed by atoms with E-state index in [-0.39, 0.29) is 5.97 Å². The summed E-state index contributed by atoms with van der Waals surface area (Å²) in [6.45, 7) is 4.00. The van der Waals surface area contributed by atoms with E-state index in [1.54, 1.807) is 25.3 Å². The summed E-state index contributed by atoms with van der Waals surface area (Å²) in [4.78, 5) is 11.6. The van der Waals surface area contributed by atoms with Gasteiger partial charge < -0.3 is 18.5 Å². The third kappa shape index (κ3) is 6.94. The number of rotatable bonds is 6. The van der Waals surface area contributed by atoms with Gasteiger partial charge in [-0.1, -0.05) is 13.8 Å². The fourth-order valence-electron chi connectivity index (χ4n) is 1.78. The third-order valence-electron chi connectivity index (χ3n) is 2.81. The number of carbonyl (C=O) groups excluding carboxylic acids is 1. The molecule has 0 aliphatic carbocycles. The molecule has 0 saturated carbocycles. The number of fused-ring (bicyclic) bond motifs is 1. The Labute approximate surface area is 150 Å². The lowest BCUT2D eigenvalue weighted by Gasteiger charge is -2.18. The van der Waals surface area contributed by atoms with Crippen molar-refractivity contribution < 1.29 is 36.9 Å². The molecule has 0 spiro atoms. The fraction of sp³-hybridized carbons (Fsp3) is 0.533. The standard InChI is InChI=1S/C11H13O5P.C2H6O3P.C2H6/c1-13-7-4-5-8-9(6-7)11(16-10(8)12)17(14-2)15-3;1-4-6(3)5-2;1-2/h4-6,11H,1-3H3;1-2H3;1-2H3/q;+1;. The molecule has 1 atom stereocenters. The molecule has 1 aliphatic heterocycles. The molecule has 0 bridgehead atoms. The van der Waals surface area contributed by atoms with Gasteiger partial charge in [-0.2, -0.15) is 0 Å². The number of methoxy groups -OCH3 is 1. The van der Waals surface area contributed by atoms with E-state index in [2.05, 4.69) is 9.05 Å². The van der Waals surface area contributed by atoms with Gasteiger partial charge in [0.25, 0.3) is 0 Å². The third-order valence-corrected chi connectivity index (χ3v) is 4.90. The Hall–Kier alpha value is -1.14. The highest BCUT2D eigenvalue weighted by atomic mass is 31.2. The maximum atomic E-state index is 11.6. The number of esters is 1. The molecule has 0 radical (unpaired) electrons. The van der Waals surface area contributed by atoms with Crippen LogP contribution in [-0.4, -0.2) is 41.5 Å². The van der Waals surface area contributed by atoms with Gasteiger partial charge in [0.1, 0.15) is 5.75 Å². The molecule has 0 fully saturated rings. The van der Waals surface area contributed by atoms with Crippen LogP contribution in [0.5, 0.6) is 5.75 Å². The molecule has 1 aromatic rings. The lowest BCUT2D eigenvalue weighted by Crippen LogP contribution is -1.99. The second kappa shape index (κ2) is 13.1. The van der Waals surface area contributed by atoms with Crippen LogP contribution in [0.4, 0.5) is 0 Å². The van der Waals surface area contributed by atoms with Gasteiger partial charge >= 0.3 is 14.2 Å². The maximum absolute atomic E-state index is 11.6. The average molecular weight is 395 g/mol. The van der Waals surface area contributed by atoms with E-state index in [1.165, 1.54) is 28.4 Å². The SMILES string of the molecule is CC.CO[P+](=O)OC.COc1ccc2c(c1)C(P(OC)OC)OC2=O. The van der Waals surface area contributed by atoms with Gasteiger partial charge in [0, 0.05) is 24.3 Å². The summed E-state index contributed by atoms with van der Waals surface area (Å²) in [7, 11) is 4.16. The maximum Gasteiger partial charge on any atom is 0.696 e. The highest BCUT2D eigenvalue weighted by Gasteiger charge is 2.38. The smallest absolute Gasteiger partial charge is 0.497 e. The Morgan fingerprint density at radius 2 is 1.60 bits per heavy atom. The van der Waals surface area contributed by atoms with Crippen LogP contribution in [0.25, 0.3) is 0 Å². The summed E-state index contributed by atoms with van der Waals surface area (Å²) in [6, 6.07) is 5.19. The topological polar surface area (TPSA) is 89.5 Å². The van der Waals surface area contributed by atoms with E-state index in [0.29, 0.717) is 11.3 Å². The summed E-state index contributed by atoms with van der Waals surface area (Å²) in [5.74, 6) is -0.166. The summed E-state index contributed by atoms with van der Waals surface area (Å²) < 4.78 is 39.0. The summed E-state index contributed by atoms with van der Waals surface area (Å²) in [5.41, 5.74) is 1.29. The van der Waals surface area contributed by atoms with Crippen molar-refractivity contribution in [2.45, 2.75) is 19.7 Å². The molecule has 25 heavy (non-hydrogen) atoms. The predicted molar refractivity (Wildman–Crippen MR) is 95.1 cm³/mol. The lowest BCUT2D eigenvalue weighted by atomic mass is 10.1. The Bertz CT molecular complexity index is 542. The van der Waals surface area contributed by atoms with E-state index >= 15 is 0 Å². The van der Waals surface area contributed by atoms with Crippen LogP contribution in [0.2, 0.25) is 0 Å². The first-order chi connectivity index (χ1) is 12.0. The molecule has 142 valence electrons. The van der Waals surface area contributed by atoms with Crippen LogP contribution in [0.15, 0.2) is 18.2 Å². The molecule has 0 aromatic heterocycles. The number of hydrogen-bond donors (Lipinski definition) is 0. The van der Waals surface area contributed by atoms with E-state index in [1.807, 2.05) is 13.8 Å². The van der Waals surface area contributed by atoms with E-state index in [4.69, 9.17) is 18.5 Å².